The number of esters is 2. The summed E-state index contributed by atoms with van der Waals surface area (Å²) < 4.78 is 36.9. The van der Waals surface area contributed by atoms with E-state index < -0.39 is 39.8 Å². The molecule has 0 heterocycles. The Morgan fingerprint density at radius 1 is 1.23 bits per heavy atom. The zero-order valence-electron chi connectivity index (χ0n) is 13.6. The summed E-state index contributed by atoms with van der Waals surface area (Å²) in [6.07, 6.45) is -0.743. The third-order valence-electron chi connectivity index (χ3n) is 2.36. The molecule has 0 aromatic heterocycles. The molecule has 0 aromatic carbocycles. The Balaban J connectivity index is 4.97. The van der Waals surface area contributed by atoms with Gasteiger partial charge in [0.05, 0.1) is 18.8 Å². The van der Waals surface area contributed by atoms with Crippen LogP contribution in [0.2, 0.25) is 0 Å². The molecule has 0 aliphatic carbocycles. The Kier molecular flexibility index (Phi) is 7.99. The van der Waals surface area contributed by atoms with Crippen molar-refractivity contribution in [3.63, 3.8) is 0 Å². The van der Waals surface area contributed by atoms with Gasteiger partial charge in [0.2, 0.25) is 0 Å². The van der Waals surface area contributed by atoms with Crippen molar-refractivity contribution in [1.82, 2.24) is 0 Å². The van der Waals surface area contributed by atoms with E-state index in [4.69, 9.17) is 15.2 Å². The quantitative estimate of drug-likeness (QED) is 0.386. The van der Waals surface area contributed by atoms with Crippen molar-refractivity contribution in [1.29, 1.82) is 0 Å². The highest BCUT2D eigenvalue weighted by molar-refractivity contribution is 7.86. The molecular formula is C13H25NO7S. The Hall–Kier alpha value is -1.19. The highest BCUT2D eigenvalue weighted by Gasteiger charge is 2.33. The summed E-state index contributed by atoms with van der Waals surface area (Å²) in [4.78, 5) is 23.5. The molecule has 0 saturated heterocycles. The van der Waals surface area contributed by atoms with Gasteiger partial charge in [0.15, 0.2) is 0 Å². The second-order valence-corrected chi connectivity index (χ2v) is 7.35. The first-order chi connectivity index (χ1) is 9.85. The molecule has 2 N–H and O–H groups in total. The van der Waals surface area contributed by atoms with Gasteiger partial charge in [0, 0.05) is 6.42 Å². The summed E-state index contributed by atoms with van der Waals surface area (Å²) in [6, 6.07) is 0. The van der Waals surface area contributed by atoms with E-state index in [0.29, 0.717) is 0 Å². The fourth-order valence-corrected chi connectivity index (χ4v) is 2.11. The molecular weight excluding hydrogens is 314 g/mol. The summed E-state index contributed by atoms with van der Waals surface area (Å²) in [5.74, 6) is -2.34. The van der Waals surface area contributed by atoms with Crippen LogP contribution in [0.1, 0.15) is 40.5 Å². The molecule has 130 valence electrons. The molecule has 0 spiro atoms. The van der Waals surface area contributed by atoms with Gasteiger partial charge in [-0.05, 0) is 34.1 Å². The van der Waals surface area contributed by atoms with Gasteiger partial charge in [0.25, 0.3) is 10.1 Å². The minimum atomic E-state index is -3.84. The lowest BCUT2D eigenvalue weighted by Gasteiger charge is -2.26. The van der Waals surface area contributed by atoms with E-state index in [1.807, 2.05) is 0 Å². The Morgan fingerprint density at radius 2 is 1.77 bits per heavy atom. The smallest absolute Gasteiger partial charge is 0.313 e. The van der Waals surface area contributed by atoms with Gasteiger partial charge in [-0.25, -0.2) is 0 Å². The highest BCUT2D eigenvalue weighted by atomic mass is 32.2. The molecule has 0 amide bonds. The molecule has 0 aliphatic rings. The van der Waals surface area contributed by atoms with Crippen molar-refractivity contribution < 1.29 is 31.7 Å². The number of ether oxygens (including phenoxy) is 2. The van der Waals surface area contributed by atoms with Crippen LogP contribution in [0.3, 0.4) is 0 Å². The van der Waals surface area contributed by atoms with Crippen LogP contribution in [-0.4, -0.2) is 45.0 Å². The van der Waals surface area contributed by atoms with Crippen molar-refractivity contribution in [2.45, 2.75) is 52.4 Å². The molecule has 0 aliphatic heterocycles. The van der Waals surface area contributed by atoms with E-state index in [1.54, 1.807) is 27.7 Å². The van der Waals surface area contributed by atoms with Gasteiger partial charge in [-0.1, -0.05) is 0 Å². The largest absolute Gasteiger partial charge is 0.466 e. The summed E-state index contributed by atoms with van der Waals surface area (Å²) in [7, 11) is -3.84. The van der Waals surface area contributed by atoms with Gasteiger partial charge in [-0.2, -0.15) is 8.42 Å². The standard InChI is InChI=1S/C13H25NO7S/c1-6-19-10(15)8-7-9(11(14)21-22(5,17)18)12(16)20-13(2,3)4/h9,11H,6-8,14H2,1-5H3. The number of nitrogens with two attached hydrogens (primary N) is 1. The molecule has 0 bridgehead atoms. The molecule has 0 saturated carbocycles. The Bertz CT molecular complexity index is 481. The van der Waals surface area contributed by atoms with Crippen molar-refractivity contribution in [3.8, 4) is 0 Å². The van der Waals surface area contributed by atoms with Crippen LogP contribution in [-0.2, 0) is 33.4 Å². The molecule has 0 fully saturated rings. The fourth-order valence-electron chi connectivity index (χ4n) is 1.57. The monoisotopic (exact) mass is 339 g/mol. The first-order valence-electron chi connectivity index (χ1n) is 6.88. The topological polar surface area (TPSA) is 122 Å². The lowest BCUT2D eigenvalue weighted by Crippen LogP contribution is -2.42. The average molecular weight is 339 g/mol. The highest BCUT2D eigenvalue weighted by Crippen LogP contribution is 2.19. The third-order valence-corrected chi connectivity index (χ3v) is 2.93. The number of carbonyl (C=O) groups is 2. The van der Waals surface area contributed by atoms with Crippen LogP contribution in [0.25, 0.3) is 0 Å². The van der Waals surface area contributed by atoms with E-state index >= 15 is 0 Å². The lowest BCUT2D eigenvalue weighted by molar-refractivity contribution is -0.163. The van der Waals surface area contributed by atoms with Crippen LogP contribution < -0.4 is 5.73 Å². The van der Waals surface area contributed by atoms with Gasteiger partial charge in [-0.3, -0.25) is 13.8 Å². The molecule has 2 atom stereocenters. The number of hydrogen-bond acceptors (Lipinski definition) is 8. The third kappa shape index (κ3) is 9.69. The SMILES string of the molecule is CCOC(=O)CCC(C(=O)OC(C)(C)C)C(N)OS(C)(=O)=O. The zero-order chi connectivity index (χ0) is 17.6. The van der Waals surface area contributed by atoms with E-state index in [0.717, 1.165) is 6.26 Å². The number of carbonyl (C=O) groups excluding carboxylic acids is 2. The van der Waals surface area contributed by atoms with Crippen LogP contribution in [0, 0.1) is 5.92 Å². The van der Waals surface area contributed by atoms with Crippen LogP contribution in [0.15, 0.2) is 0 Å². The predicted molar refractivity (Wildman–Crippen MR) is 79.1 cm³/mol. The maximum absolute atomic E-state index is 12.1. The first-order valence-corrected chi connectivity index (χ1v) is 8.69. The van der Waals surface area contributed by atoms with E-state index in [9.17, 15) is 18.0 Å². The summed E-state index contributed by atoms with van der Waals surface area (Å²) in [5, 5.41) is 0. The Morgan fingerprint density at radius 3 is 2.18 bits per heavy atom. The minimum absolute atomic E-state index is 0.0373. The molecule has 0 rings (SSSR count). The zero-order valence-corrected chi connectivity index (χ0v) is 14.4. The normalized spacial score (nSPS) is 15.0. The van der Waals surface area contributed by atoms with E-state index in [2.05, 4.69) is 4.18 Å². The summed E-state index contributed by atoms with van der Waals surface area (Å²) >= 11 is 0. The lowest BCUT2D eigenvalue weighted by atomic mass is 10.0. The van der Waals surface area contributed by atoms with Crippen molar-refractivity contribution in [2.24, 2.45) is 11.7 Å². The van der Waals surface area contributed by atoms with Crippen molar-refractivity contribution in [3.05, 3.63) is 0 Å². The molecule has 9 heteroatoms. The summed E-state index contributed by atoms with van der Waals surface area (Å²) in [5.41, 5.74) is 4.86. The second-order valence-electron chi connectivity index (χ2n) is 5.75. The predicted octanol–water partition coefficient (Wildman–Crippen LogP) is 0.549. The van der Waals surface area contributed by atoms with E-state index in [-0.39, 0.29) is 19.4 Å². The van der Waals surface area contributed by atoms with Gasteiger partial charge in [0.1, 0.15) is 11.8 Å². The second kappa shape index (κ2) is 8.44. The molecule has 8 nitrogen and oxygen atoms in total. The van der Waals surface area contributed by atoms with Gasteiger partial charge >= 0.3 is 11.9 Å². The van der Waals surface area contributed by atoms with Gasteiger partial charge in [-0.15, -0.1) is 0 Å². The maximum Gasteiger partial charge on any atom is 0.313 e. The van der Waals surface area contributed by atoms with E-state index in [1.165, 1.54) is 0 Å². The minimum Gasteiger partial charge on any atom is -0.466 e. The number of hydrogen-bond donors (Lipinski definition) is 1. The van der Waals surface area contributed by atoms with Crippen molar-refractivity contribution in [2.75, 3.05) is 12.9 Å². The van der Waals surface area contributed by atoms with Crippen LogP contribution in [0.4, 0.5) is 0 Å². The molecule has 2 unspecified atom stereocenters. The summed E-state index contributed by atoms with van der Waals surface area (Å²) in [6.45, 7) is 6.85. The molecule has 22 heavy (non-hydrogen) atoms. The number of rotatable bonds is 8. The van der Waals surface area contributed by atoms with Crippen molar-refractivity contribution >= 4 is 22.1 Å². The van der Waals surface area contributed by atoms with Gasteiger partial charge < -0.3 is 15.2 Å². The fraction of sp³-hybridized carbons (Fsp3) is 0.846. The average Bonchev–Trinajstić information content (AvgIpc) is 2.24. The van der Waals surface area contributed by atoms with Crippen LogP contribution in [0.5, 0.6) is 0 Å². The molecule has 0 radical (unpaired) electrons. The maximum atomic E-state index is 12.1. The first kappa shape index (κ1) is 20.8. The molecule has 0 aromatic rings. The Labute approximate surface area is 131 Å². The van der Waals surface area contributed by atoms with Crippen LogP contribution >= 0.6 is 0 Å².